The minimum Gasteiger partial charge on any atom is -0.469 e. The van der Waals surface area contributed by atoms with Crippen molar-refractivity contribution in [1.29, 1.82) is 0 Å². The highest BCUT2D eigenvalue weighted by atomic mass is 28.4. The van der Waals surface area contributed by atoms with E-state index in [2.05, 4.69) is 156 Å². The van der Waals surface area contributed by atoms with Gasteiger partial charge in [0.1, 0.15) is 0 Å². The zero-order valence-corrected chi connectivity index (χ0v) is 38.1. The van der Waals surface area contributed by atoms with Gasteiger partial charge in [0.05, 0.1) is 25.4 Å². The van der Waals surface area contributed by atoms with E-state index in [1.54, 1.807) is 0 Å². The summed E-state index contributed by atoms with van der Waals surface area (Å²) >= 11 is 0. The summed E-state index contributed by atoms with van der Waals surface area (Å²) in [6.07, 6.45) is 15.6. The fourth-order valence-corrected chi connectivity index (χ4v) is 9.88. The van der Waals surface area contributed by atoms with Crippen LogP contribution in [0.4, 0.5) is 0 Å². The second-order valence-electron chi connectivity index (χ2n) is 19.3. The highest BCUT2D eigenvalue weighted by Gasteiger charge is 2.50. The second-order valence-corrected chi connectivity index (χ2v) is 33.6. The molecule has 1 aromatic rings. The van der Waals surface area contributed by atoms with Crippen molar-refractivity contribution in [3.8, 4) is 0 Å². The zero-order valence-electron chi connectivity index (χ0n) is 35.1. The molecule has 1 fully saturated rings. The number of allylic oxidation sites excluding steroid dienone is 2. The molecule has 1 aliphatic carbocycles. The first-order valence-corrected chi connectivity index (χ1v) is 28.0. The summed E-state index contributed by atoms with van der Waals surface area (Å²) in [5.74, 6) is 0.352. The predicted octanol–water partition coefficient (Wildman–Crippen LogP) is 12.3. The number of hydrogen-bond acceptors (Lipinski definition) is 5. The molecule has 0 aromatic heterocycles. The molecule has 5 atom stereocenters. The Labute approximate surface area is 311 Å². The predicted molar refractivity (Wildman–Crippen MR) is 221 cm³/mol. The highest BCUT2D eigenvalue weighted by Crippen LogP contribution is 2.48. The Bertz CT molecular complexity index is 1230. The third-order valence-corrected chi connectivity index (χ3v) is 25.8. The molecule has 1 unspecified atom stereocenters. The Kier molecular flexibility index (Phi) is 16.3. The second kappa shape index (κ2) is 18.2. The lowest BCUT2D eigenvalue weighted by atomic mass is 9.89. The van der Waals surface area contributed by atoms with E-state index in [1.165, 1.54) is 12.7 Å². The van der Waals surface area contributed by atoms with Gasteiger partial charge in [-0.05, 0) is 104 Å². The van der Waals surface area contributed by atoms with Crippen LogP contribution >= 0.6 is 0 Å². The minimum absolute atomic E-state index is 0.0273. The average Bonchev–Trinajstić information content (AvgIpc) is 3.28. The number of ether oxygens (including phenoxy) is 1. The van der Waals surface area contributed by atoms with Crippen LogP contribution in [-0.2, 0) is 29.2 Å². The molecule has 0 saturated heterocycles. The Morgan fingerprint density at radius 2 is 1.34 bits per heavy atom. The lowest BCUT2D eigenvalue weighted by Crippen LogP contribution is -2.45. The van der Waals surface area contributed by atoms with Crippen molar-refractivity contribution < 1.29 is 22.8 Å². The number of esters is 1. The van der Waals surface area contributed by atoms with Gasteiger partial charge in [0.25, 0.3) is 0 Å². The first-order chi connectivity index (χ1) is 22.8. The monoisotopic (exact) mass is 745 g/mol. The number of methoxy groups -OCH3 is 1. The Hall–Kier alpha value is -1.30. The molecular formula is C42H76O5Si3. The smallest absolute Gasteiger partial charge is 0.305 e. The Morgan fingerprint density at radius 1 is 0.800 bits per heavy atom. The summed E-state index contributed by atoms with van der Waals surface area (Å²) in [7, 11) is -4.70. The van der Waals surface area contributed by atoms with E-state index in [0.29, 0.717) is 6.42 Å². The van der Waals surface area contributed by atoms with Crippen molar-refractivity contribution >= 4 is 30.9 Å². The van der Waals surface area contributed by atoms with E-state index in [4.69, 9.17) is 18.0 Å². The summed E-state index contributed by atoms with van der Waals surface area (Å²) < 4.78 is 26.7. The molecule has 0 N–H and O–H groups in total. The quantitative estimate of drug-likeness (QED) is 0.0688. The number of carbonyl (C=O) groups excluding carboxylic acids is 1. The first kappa shape index (κ1) is 44.9. The molecule has 0 amide bonds. The van der Waals surface area contributed by atoms with Gasteiger partial charge in [0, 0.05) is 12.3 Å². The van der Waals surface area contributed by atoms with Gasteiger partial charge < -0.3 is 18.0 Å². The summed E-state index contributed by atoms with van der Waals surface area (Å²) in [5, 5.41) is 0.347. The van der Waals surface area contributed by atoms with Crippen LogP contribution in [0.3, 0.4) is 0 Å². The van der Waals surface area contributed by atoms with Crippen LogP contribution in [0.2, 0.25) is 54.4 Å². The van der Waals surface area contributed by atoms with E-state index in [-0.39, 0.29) is 51.2 Å². The maximum atomic E-state index is 11.7. The standard InChI is InChI=1S/C42H76O5Si3/c1-40(2,3)48(11,12)45-34(29-28-33-24-20-19-21-25-33)30-31-36-35(26-22-17-18-23-27-39(43)44-10)37(46-49(13,14)41(4,5)6)32-38(36)47-50(15,16)42(7,8)9/h17,19-22,24-25,30-31,34-38H,18,23,26-29,32H2,1-16H3/b22-17+,31-30+/t34-,35+,36+,37?,38+/m0/s1. The number of rotatable bonds is 17. The van der Waals surface area contributed by atoms with Crippen molar-refractivity contribution in [3.63, 3.8) is 0 Å². The largest absolute Gasteiger partial charge is 0.469 e. The van der Waals surface area contributed by atoms with E-state index < -0.39 is 25.0 Å². The average molecular weight is 745 g/mol. The normalized spacial score (nSPS) is 22.1. The van der Waals surface area contributed by atoms with Crippen molar-refractivity contribution in [2.24, 2.45) is 11.8 Å². The van der Waals surface area contributed by atoms with E-state index >= 15 is 0 Å². The van der Waals surface area contributed by atoms with Gasteiger partial charge in [0.15, 0.2) is 25.0 Å². The maximum Gasteiger partial charge on any atom is 0.305 e. The van der Waals surface area contributed by atoms with Gasteiger partial charge in [-0.2, -0.15) is 0 Å². The fraction of sp³-hybridized carbons (Fsp3) is 0.738. The molecule has 0 spiro atoms. The van der Waals surface area contributed by atoms with Gasteiger partial charge in [-0.15, -0.1) is 0 Å². The van der Waals surface area contributed by atoms with Gasteiger partial charge in [-0.3, -0.25) is 4.79 Å². The SMILES string of the molecule is COC(=O)CCC/C=C/C[C@H]1C(O[Si](C)(C)C(C)(C)C)C[C@@H](O[Si](C)(C)C(C)(C)C)[C@@H]1/C=C/[C@H](CCc1ccccc1)O[Si](C)(C)C(C)(C)C. The minimum atomic E-state index is -2.07. The summed E-state index contributed by atoms with van der Waals surface area (Å²) in [5.41, 5.74) is 1.35. The number of carbonyl (C=O) groups is 1. The summed E-state index contributed by atoms with van der Waals surface area (Å²) in [4.78, 5) is 11.7. The molecule has 0 heterocycles. The lowest BCUT2D eigenvalue weighted by molar-refractivity contribution is -0.140. The summed E-state index contributed by atoms with van der Waals surface area (Å²) in [6, 6.07) is 10.8. The van der Waals surface area contributed by atoms with Crippen LogP contribution in [0.1, 0.15) is 106 Å². The van der Waals surface area contributed by atoms with Gasteiger partial charge in [-0.25, -0.2) is 0 Å². The van der Waals surface area contributed by atoms with Crippen LogP contribution in [0.15, 0.2) is 54.6 Å². The number of benzene rings is 1. The zero-order chi connectivity index (χ0) is 38.2. The molecule has 286 valence electrons. The van der Waals surface area contributed by atoms with E-state index in [0.717, 1.165) is 38.5 Å². The number of unbranched alkanes of at least 4 members (excludes halogenated alkanes) is 1. The molecule has 1 aliphatic rings. The molecule has 1 saturated carbocycles. The number of aryl methyl sites for hydroxylation is 1. The van der Waals surface area contributed by atoms with E-state index in [9.17, 15) is 4.79 Å². The van der Waals surface area contributed by atoms with Crippen molar-refractivity contribution in [3.05, 3.63) is 60.2 Å². The van der Waals surface area contributed by atoms with Gasteiger partial charge in [0.2, 0.25) is 0 Å². The third-order valence-electron chi connectivity index (χ3n) is 12.3. The Balaban J connectivity index is 2.57. The molecule has 0 radical (unpaired) electrons. The van der Waals surface area contributed by atoms with Gasteiger partial charge in [-0.1, -0.05) is 117 Å². The summed E-state index contributed by atoms with van der Waals surface area (Å²) in [6.45, 7) is 35.3. The molecular weight excluding hydrogens is 669 g/mol. The first-order valence-electron chi connectivity index (χ1n) is 19.3. The maximum absolute atomic E-state index is 11.7. The molecule has 0 bridgehead atoms. The molecule has 0 aliphatic heterocycles. The van der Waals surface area contributed by atoms with Crippen molar-refractivity contribution in [2.75, 3.05) is 7.11 Å². The van der Waals surface area contributed by atoms with Crippen molar-refractivity contribution in [2.45, 2.75) is 180 Å². The number of hydrogen-bond donors (Lipinski definition) is 0. The molecule has 5 nitrogen and oxygen atoms in total. The Morgan fingerprint density at radius 3 is 1.86 bits per heavy atom. The topological polar surface area (TPSA) is 54.0 Å². The molecule has 8 heteroatoms. The van der Waals surface area contributed by atoms with Crippen LogP contribution in [0, 0.1) is 11.8 Å². The molecule has 1 aromatic carbocycles. The fourth-order valence-electron chi connectivity index (χ4n) is 5.83. The van der Waals surface area contributed by atoms with Gasteiger partial charge >= 0.3 is 5.97 Å². The van der Waals surface area contributed by atoms with Crippen LogP contribution in [0.25, 0.3) is 0 Å². The molecule has 2 rings (SSSR count). The lowest BCUT2D eigenvalue weighted by Gasteiger charge is -2.40. The third kappa shape index (κ3) is 13.3. The van der Waals surface area contributed by atoms with Crippen LogP contribution in [-0.4, -0.2) is 56.3 Å². The van der Waals surface area contributed by atoms with Crippen LogP contribution < -0.4 is 0 Å². The highest BCUT2D eigenvalue weighted by molar-refractivity contribution is 6.75. The van der Waals surface area contributed by atoms with E-state index in [1.807, 2.05) is 0 Å². The van der Waals surface area contributed by atoms with Crippen molar-refractivity contribution in [1.82, 2.24) is 0 Å². The molecule has 50 heavy (non-hydrogen) atoms. The van der Waals surface area contributed by atoms with Crippen LogP contribution in [0.5, 0.6) is 0 Å².